The number of benzene rings is 2. The first-order valence-corrected chi connectivity index (χ1v) is 12.9. The highest BCUT2D eigenvalue weighted by Gasteiger charge is 2.35. The summed E-state index contributed by atoms with van der Waals surface area (Å²) in [5.41, 5.74) is 2.25. The van der Waals surface area contributed by atoms with Crippen molar-refractivity contribution in [1.29, 1.82) is 0 Å². The Hall–Kier alpha value is -3.27. The van der Waals surface area contributed by atoms with E-state index in [1.807, 2.05) is 35.0 Å². The number of nitrogens with zero attached hydrogens (tertiary/aromatic N) is 2. The number of imide groups is 1. The van der Waals surface area contributed by atoms with Crippen molar-refractivity contribution >= 4 is 73.3 Å². The molecule has 5 rings (SSSR count). The Morgan fingerprint density at radius 1 is 1.14 bits per heavy atom. The molecule has 0 saturated carbocycles. The molecule has 0 radical (unpaired) electrons. The monoisotopic (exact) mass is 583 g/mol. The fourth-order valence-corrected chi connectivity index (χ4v) is 5.31. The number of fused-ring (bicyclic) bond motifs is 1. The van der Waals surface area contributed by atoms with Crippen LogP contribution in [0.1, 0.15) is 16.9 Å². The van der Waals surface area contributed by atoms with Crippen LogP contribution in [0, 0.1) is 0 Å². The first kappa shape index (κ1) is 24.4. The normalized spacial score (nSPS) is 14.8. The number of carbonyl (C=O) groups excluding carboxylic acids is 3. The van der Waals surface area contributed by atoms with Gasteiger partial charge in [-0.3, -0.25) is 19.3 Å². The number of halogens is 2. The van der Waals surface area contributed by atoms with Gasteiger partial charge in [-0.1, -0.05) is 45.7 Å². The molecule has 36 heavy (non-hydrogen) atoms. The second-order valence-corrected chi connectivity index (χ2v) is 10.4. The summed E-state index contributed by atoms with van der Waals surface area (Å²) in [5, 5.41) is 3.83. The maximum atomic E-state index is 13.1. The smallest absolute Gasteiger partial charge is 0.293 e. The van der Waals surface area contributed by atoms with Gasteiger partial charge < -0.3 is 14.3 Å². The molecule has 0 aliphatic carbocycles. The average Bonchev–Trinajstić information content (AvgIpc) is 3.55. The second-order valence-electron chi connectivity index (χ2n) is 8.09. The van der Waals surface area contributed by atoms with Gasteiger partial charge in [-0.05, 0) is 59.8 Å². The van der Waals surface area contributed by atoms with E-state index in [-0.39, 0.29) is 30.1 Å². The van der Waals surface area contributed by atoms with Crippen molar-refractivity contribution < 1.29 is 18.8 Å². The zero-order chi connectivity index (χ0) is 25.2. The minimum absolute atomic E-state index is 0.0840. The number of hydrogen-bond acceptors (Lipinski definition) is 5. The van der Waals surface area contributed by atoms with E-state index in [1.54, 1.807) is 42.7 Å². The highest BCUT2D eigenvalue weighted by molar-refractivity contribution is 9.10. The molecule has 1 fully saturated rings. The van der Waals surface area contributed by atoms with E-state index in [9.17, 15) is 14.4 Å². The molecule has 1 aliphatic rings. The van der Waals surface area contributed by atoms with E-state index < -0.39 is 0 Å². The fraction of sp³-hybridized carbons (Fsp3) is 0.115. The van der Waals surface area contributed by atoms with Gasteiger partial charge in [0.25, 0.3) is 11.1 Å². The van der Waals surface area contributed by atoms with Crippen LogP contribution in [0.25, 0.3) is 17.0 Å². The lowest BCUT2D eigenvalue weighted by Crippen LogP contribution is -2.27. The van der Waals surface area contributed by atoms with Crippen LogP contribution < -0.4 is 5.32 Å². The third-order valence-electron chi connectivity index (χ3n) is 5.67. The summed E-state index contributed by atoms with van der Waals surface area (Å²) in [6.07, 6.45) is 5.07. The third kappa shape index (κ3) is 5.13. The molecule has 0 spiro atoms. The van der Waals surface area contributed by atoms with Crippen LogP contribution in [0.5, 0.6) is 0 Å². The summed E-state index contributed by atoms with van der Waals surface area (Å²) in [7, 11) is 0. The second kappa shape index (κ2) is 10.4. The number of carbonyl (C=O) groups is 3. The fourth-order valence-electron chi connectivity index (χ4n) is 3.93. The number of aromatic nitrogens is 1. The minimum Gasteiger partial charge on any atom is -0.467 e. The number of nitrogens with one attached hydrogen (secondary N) is 1. The standard InChI is InChI=1S/C26H19BrClN3O4S/c27-18-7-8-22-20(11-18)17(13-30(22)15-24(32)29-12-19-5-3-9-35-19)10-23-25(33)31(26(34)36-23)14-16-4-1-2-6-21(16)28/h1-11,13H,12,14-15H2,(H,29,32)/b23-10-. The molecule has 1 saturated heterocycles. The zero-order valence-corrected chi connectivity index (χ0v) is 21.9. The Bertz CT molecular complexity index is 1510. The molecule has 7 nitrogen and oxygen atoms in total. The van der Waals surface area contributed by atoms with Crippen LogP contribution in [0.3, 0.4) is 0 Å². The zero-order valence-electron chi connectivity index (χ0n) is 18.7. The molecule has 2 aromatic heterocycles. The van der Waals surface area contributed by atoms with Gasteiger partial charge in [-0.15, -0.1) is 0 Å². The largest absolute Gasteiger partial charge is 0.467 e. The maximum absolute atomic E-state index is 13.1. The molecule has 3 heterocycles. The minimum atomic E-state index is -0.378. The lowest BCUT2D eigenvalue weighted by molar-refractivity contribution is -0.123. The van der Waals surface area contributed by atoms with Gasteiger partial charge in [-0.25, -0.2) is 0 Å². The van der Waals surface area contributed by atoms with Crippen LogP contribution in [0.15, 0.2) is 80.9 Å². The quantitative estimate of drug-likeness (QED) is 0.261. The van der Waals surface area contributed by atoms with Crippen molar-refractivity contribution in [2.45, 2.75) is 19.6 Å². The molecule has 0 unspecified atom stereocenters. The molecule has 4 aromatic rings. The van der Waals surface area contributed by atoms with Crippen LogP contribution in [0.4, 0.5) is 4.79 Å². The summed E-state index contributed by atoms with van der Waals surface area (Å²) < 4.78 is 7.94. The molecule has 1 N–H and O–H groups in total. The summed E-state index contributed by atoms with van der Waals surface area (Å²) in [6.45, 7) is 0.480. The molecular weight excluding hydrogens is 566 g/mol. The highest BCUT2D eigenvalue weighted by atomic mass is 79.9. The van der Waals surface area contributed by atoms with E-state index in [0.29, 0.717) is 27.8 Å². The predicted molar refractivity (Wildman–Crippen MR) is 143 cm³/mol. The van der Waals surface area contributed by atoms with Crippen LogP contribution in [0.2, 0.25) is 5.02 Å². The van der Waals surface area contributed by atoms with Gasteiger partial charge in [0.15, 0.2) is 0 Å². The van der Waals surface area contributed by atoms with Crippen molar-refractivity contribution in [3.8, 4) is 0 Å². The molecule has 2 aromatic carbocycles. The Balaban J connectivity index is 1.40. The number of hydrogen-bond donors (Lipinski definition) is 1. The molecule has 3 amide bonds. The highest BCUT2D eigenvalue weighted by Crippen LogP contribution is 2.36. The summed E-state index contributed by atoms with van der Waals surface area (Å²) in [4.78, 5) is 39.8. The predicted octanol–water partition coefficient (Wildman–Crippen LogP) is 6.20. The van der Waals surface area contributed by atoms with Gasteiger partial charge in [0.05, 0.1) is 24.3 Å². The van der Waals surface area contributed by atoms with Crippen molar-refractivity contribution in [1.82, 2.24) is 14.8 Å². The van der Waals surface area contributed by atoms with Crippen molar-refractivity contribution in [3.63, 3.8) is 0 Å². The SMILES string of the molecule is O=C(Cn1cc(/C=C2\SC(=O)N(Cc3ccccc3Cl)C2=O)c2cc(Br)ccc21)NCc1ccco1. The van der Waals surface area contributed by atoms with Crippen LogP contribution in [-0.4, -0.2) is 26.5 Å². The van der Waals surface area contributed by atoms with E-state index in [2.05, 4.69) is 21.2 Å². The molecule has 1 aliphatic heterocycles. The first-order valence-electron chi connectivity index (χ1n) is 11.0. The van der Waals surface area contributed by atoms with E-state index >= 15 is 0 Å². The molecule has 0 bridgehead atoms. The van der Waals surface area contributed by atoms with Gasteiger partial charge in [-0.2, -0.15) is 0 Å². The number of furan rings is 1. The van der Waals surface area contributed by atoms with Gasteiger partial charge in [0, 0.05) is 32.2 Å². The van der Waals surface area contributed by atoms with Crippen molar-refractivity contribution in [2.24, 2.45) is 0 Å². The number of amides is 3. The molecule has 0 atom stereocenters. The van der Waals surface area contributed by atoms with Gasteiger partial charge >= 0.3 is 0 Å². The Labute approximate surface area is 224 Å². The van der Waals surface area contributed by atoms with E-state index in [4.69, 9.17) is 16.0 Å². The summed E-state index contributed by atoms with van der Waals surface area (Å²) in [6, 6.07) is 16.4. The van der Waals surface area contributed by atoms with Crippen molar-refractivity contribution in [2.75, 3.05) is 0 Å². The Morgan fingerprint density at radius 2 is 1.97 bits per heavy atom. The van der Waals surface area contributed by atoms with Gasteiger partial charge in [0.1, 0.15) is 12.3 Å². The van der Waals surface area contributed by atoms with E-state index in [0.717, 1.165) is 32.7 Å². The molecular formula is C26H19BrClN3O4S. The average molecular weight is 585 g/mol. The first-order chi connectivity index (χ1) is 17.4. The van der Waals surface area contributed by atoms with Crippen LogP contribution >= 0.6 is 39.3 Å². The summed E-state index contributed by atoms with van der Waals surface area (Å²) in [5.74, 6) is 0.104. The lowest BCUT2D eigenvalue weighted by atomic mass is 10.1. The topological polar surface area (TPSA) is 84.5 Å². The van der Waals surface area contributed by atoms with Gasteiger partial charge in [0.2, 0.25) is 5.91 Å². The lowest BCUT2D eigenvalue weighted by Gasteiger charge is -2.13. The Morgan fingerprint density at radius 3 is 2.75 bits per heavy atom. The maximum Gasteiger partial charge on any atom is 0.293 e. The van der Waals surface area contributed by atoms with E-state index in [1.165, 1.54) is 4.90 Å². The van der Waals surface area contributed by atoms with Crippen molar-refractivity contribution in [3.05, 3.63) is 98.3 Å². The molecule has 10 heteroatoms. The number of thioether (sulfide) groups is 1. The number of rotatable bonds is 7. The summed E-state index contributed by atoms with van der Waals surface area (Å²) >= 11 is 10.6. The third-order valence-corrected chi connectivity index (χ3v) is 7.44. The molecule has 182 valence electrons. The van der Waals surface area contributed by atoms with Crippen LogP contribution in [-0.2, 0) is 29.2 Å². The Kier molecular flexibility index (Phi) is 7.04.